The van der Waals surface area contributed by atoms with Crippen molar-refractivity contribution < 1.29 is 19.0 Å². The molecule has 0 amide bonds. The number of carbonyl (C=O) groups is 1. The summed E-state index contributed by atoms with van der Waals surface area (Å²) in [7, 11) is 0. The molecule has 2 atom stereocenters. The van der Waals surface area contributed by atoms with E-state index in [1.807, 2.05) is 6.07 Å². The number of hydrogen-bond acceptors (Lipinski definition) is 6. The van der Waals surface area contributed by atoms with E-state index in [0.29, 0.717) is 34.6 Å². The number of aromatic nitrogens is 2. The number of esters is 1. The molecule has 3 aliphatic rings. The molecule has 5 heterocycles. The smallest absolute Gasteiger partial charge is 0.343 e. The minimum atomic E-state index is -1.87. The van der Waals surface area contributed by atoms with Gasteiger partial charge in [-0.25, -0.2) is 14.2 Å². The van der Waals surface area contributed by atoms with Crippen LogP contribution >= 0.6 is 0 Å². The predicted molar refractivity (Wildman–Crippen MR) is 115 cm³/mol. The van der Waals surface area contributed by atoms with Crippen molar-refractivity contribution in [1.29, 1.82) is 0 Å². The van der Waals surface area contributed by atoms with Crippen LogP contribution in [-0.2, 0) is 28.3 Å². The Bertz CT molecular complexity index is 1410. The van der Waals surface area contributed by atoms with E-state index in [2.05, 4.69) is 5.32 Å². The quantitative estimate of drug-likeness (QED) is 0.470. The molecule has 3 aromatic rings. The van der Waals surface area contributed by atoms with Gasteiger partial charge in [0.05, 0.1) is 29.0 Å². The third-order valence-electron chi connectivity index (χ3n) is 7.18. The summed E-state index contributed by atoms with van der Waals surface area (Å²) in [5.41, 5.74) is 2.57. The number of hydrogen-bond donors (Lipinski definition) is 2. The van der Waals surface area contributed by atoms with E-state index in [1.54, 1.807) is 24.5 Å². The number of benzene rings is 1. The van der Waals surface area contributed by atoms with Crippen LogP contribution < -0.4 is 10.9 Å². The summed E-state index contributed by atoms with van der Waals surface area (Å²) in [4.78, 5) is 30.5. The zero-order chi connectivity index (χ0) is 22.4. The van der Waals surface area contributed by atoms with Crippen LogP contribution in [0.25, 0.3) is 22.3 Å². The molecule has 2 N–H and O–H groups in total. The SMILES string of the molecule is CC[C@@]1(O)C(=O)OCc2c1cc1n(c2=O)Cc2c-1nc1cc(F)c(C)cc1c2[C@@H]1CCN1. The van der Waals surface area contributed by atoms with Crippen molar-refractivity contribution in [2.24, 2.45) is 0 Å². The van der Waals surface area contributed by atoms with Gasteiger partial charge in [-0.05, 0) is 49.6 Å². The van der Waals surface area contributed by atoms with Crippen molar-refractivity contribution in [3.05, 3.63) is 62.2 Å². The largest absolute Gasteiger partial charge is 0.458 e. The molecule has 0 bridgehead atoms. The summed E-state index contributed by atoms with van der Waals surface area (Å²) in [5, 5.41) is 15.3. The van der Waals surface area contributed by atoms with Crippen LogP contribution in [0.4, 0.5) is 4.39 Å². The van der Waals surface area contributed by atoms with Crippen molar-refractivity contribution >= 4 is 16.9 Å². The molecule has 0 unspecified atom stereocenters. The van der Waals surface area contributed by atoms with Crippen LogP contribution in [0.1, 0.15) is 53.6 Å². The Morgan fingerprint density at radius 3 is 2.78 bits per heavy atom. The first-order chi connectivity index (χ1) is 15.3. The number of fused-ring (bicyclic) bond motifs is 5. The lowest BCUT2D eigenvalue weighted by molar-refractivity contribution is -0.172. The fourth-order valence-corrected chi connectivity index (χ4v) is 5.17. The third kappa shape index (κ3) is 2.39. The van der Waals surface area contributed by atoms with Crippen LogP contribution in [0.5, 0.6) is 0 Å². The van der Waals surface area contributed by atoms with E-state index >= 15 is 0 Å². The van der Waals surface area contributed by atoms with Gasteiger partial charge in [-0.2, -0.15) is 0 Å². The highest BCUT2D eigenvalue weighted by Gasteiger charge is 2.45. The molecule has 2 aromatic heterocycles. The molecule has 1 aromatic carbocycles. The van der Waals surface area contributed by atoms with Gasteiger partial charge in [-0.3, -0.25) is 4.79 Å². The zero-order valence-corrected chi connectivity index (χ0v) is 17.8. The fraction of sp³-hybridized carbons (Fsp3) is 0.375. The molecule has 1 fully saturated rings. The van der Waals surface area contributed by atoms with Crippen LogP contribution in [-0.4, -0.2) is 27.2 Å². The Morgan fingerprint density at radius 2 is 2.09 bits per heavy atom. The molecule has 164 valence electrons. The van der Waals surface area contributed by atoms with Crippen LogP contribution in [0.2, 0.25) is 0 Å². The Morgan fingerprint density at radius 1 is 1.31 bits per heavy atom. The van der Waals surface area contributed by atoms with Gasteiger partial charge in [0.25, 0.3) is 5.56 Å². The zero-order valence-electron chi connectivity index (χ0n) is 17.8. The molecule has 1 saturated heterocycles. The van der Waals surface area contributed by atoms with Gasteiger partial charge in [0.15, 0.2) is 5.60 Å². The molecule has 0 spiro atoms. The average Bonchev–Trinajstić information content (AvgIpc) is 3.10. The molecule has 3 aliphatic heterocycles. The summed E-state index contributed by atoms with van der Waals surface area (Å²) in [5.74, 6) is -1.08. The summed E-state index contributed by atoms with van der Waals surface area (Å²) >= 11 is 0. The highest BCUT2D eigenvalue weighted by molar-refractivity contribution is 5.90. The lowest BCUT2D eigenvalue weighted by Crippen LogP contribution is -2.44. The second-order valence-electron chi connectivity index (χ2n) is 8.87. The summed E-state index contributed by atoms with van der Waals surface area (Å²) in [6.45, 7) is 4.47. The maximum Gasteiger partial charge on any atom is 0.343 e. The number of rotatable bonds is 2. The fourth-order valence-electron chi connectivity index (χ4n) is 5.17. The Balaban J connectivity index is 1.67. The second kappa shape index (κ2) is 6.46. The van der Waals surface area contributed by atoms with E-state index in [4.69, 9.17) is 9.72 Å². The minimum absolute atomic E-state index is 0.0848. The Hall–Kier alpha value is -3.10. The topological polar surface area (TPSA) is 93.5 Å². The van der Waals surface area contributed by atoms with Crippen LogP contribution in [0, 0.1) is 12.7 Å². The lowest BCUT2D eigenvalue weighted by atomic mass is 9.85. The number of nitrogens with one attached hydrogen (secondary N) is 1. The number of halogens is 1. The Kier molecular flexibility index (Phi) is 3.95. The van der Waals surface area contributed by atoms with Crippen molar-refractivity contribution in [2.45, 2.75) is 51.5 Å². The number of cyclic esters (lactones) is 1. The van der Waals surface area contributed by atoms with E-state index in [-0.39, 0.29) is 36.0 Å². The maximum atomic E-state index is 14.4. The maximum absolute atomic E-state index is 14.4. The molecule has 7 nitrogen and oxygen atoms in total. The molecule has 0 saturated carbocycles. The summed E-state index contributed by atoms with van der Waals surface area (Å²) in [6, 6.07) is 5.06. The van der Waals surface area contributed by atoms with Gasteiger partial charge >= 0.3 is 5.97 Å². The van der Waals surface area contributed by atoms with Crippen molar-refractivity contribution in [3.63, 3.8) is 0 Å². The molecular formula is C24H22FN3O4. The standard InChI is InChI=1S/C24H22FN3O4/c1-3-24(31)15-7-19-21-13(9-28(19)22(29)14(15)10-32-23(24)30)20(17-4-5-26-17)12-6-11(2)16(25)8-18(12)27-21/h6-8,17,26,31H,3-5,9-10H2,1-2H3/t17-,24-/m0/s1. The third-order valence-corrected chi connectivity index (χ3v) is 7.18. The molecule has 0 aliphatic carbocycles. The number of aliphatic hydroxyl groups is 1. The number of carbonyl (C=O) groups excluding carboxylic acids is 1. The van der Waals surface area contributed by atoms with Crippen LogP contribution in [0.15, 0.2) is 23.0 Å². The number of aryl methyl sites for hydroxylation is 1. The van der Waals surface area contributed by atoms with Gasteiger partial charge in [0.2, 0.25) is 0 Å². The molecule has 0 radical (unpaired) electrons. The first-order valence-corrected chi connectivity index (χ1v) is 10.9. The first kappa shape index (κ1) is 19.6. The number of pyridine rings is 2. The van der Waals surface area contributed by atoms with Gasteiger partial charge in [-0.15, -0.1) is 0 Å². The lowest BCUT2D eigenvalue weighted by Gasteiger charge is -2.31. The van der Waals surface area contributed by atoms with E-state index < -0.39 is 11.6 Å². The molecule has 32 heavy (non-hydrogen) atoms. The van der Waals surface area contributed by atoms with Gasteiger partial charge < -0.3 is 19.7 Å². The van der Waals surface area contributed by atoms with E-state index in [9.17, 15) is 19.1 Å². The molecule has 6 rings (SSSR count). The molecular weight excluding hydrogens is 413 g/mol. The number of ether oxygens (including phenoxy) is 1. The normalized spacial score (nSPS) is 23.4. The van der Waals surface area contributed by atoms with Gasteiger partial charge in [0.1, 0.15) is 12.4 Å². The van der Waals surface area contributed by atoms with Crippen molar-refractivity contribution in [1.82, 2.24) is 14.9 Å². The molecule has 8 heteroatoms. The average molecular weight is 435 g/mol. The van der Waals surface area contributed by atoms with E-state index in [1.165, 1.54) is 6.07 Å². The highest BCUT2D eigenvalue weighted by Crippen LogP contribution is 2.43. The van der Waals surface area contributed by atoms with Crippen molar-refractivity contribution in [2.75, 3.05) is 6.54 Å². The first-order valence-electron chi connectivity index (χ1n) is 10.9. The Labute approximate surface area is 182 Å². The van der Waals surface area contributed by atoms with E-state index in [0.717, 1.165) is 29.5 Å². The van der Waals surface area contributed by atoms with Crippen molar-refractivity contribution in [3.8, 4) is 11.4 Å². The predicted octanol–water partition coefficient (Wildman–Crippen LogP) is 2.56. The monoisotopic (exact) mass is 435 g/mol. The number of nitrogens with zero attached hydrogens (tertiary/aromatic N) is 2. The minimum Gasteiger partial charge on any atom is -0.458 e. The highest BCUT2D eigenvalue weighted by atomic mass is 19.1. The summed E-state index contributed by atoms with van der Waals surface area (Å²) < 4.78 is 21.2. The van der Waals surface area contributed by atoms with Gasteiger partial charge in [0, 0.05) is 28.6 Å². The summed E-state index contributed by atoms with van der Waals surface area (Å²) in [6.07, 6.45) is 1.03. The van der Waals surface area contributed by atoms with Gasteiger partial charge in [-0.1, -0.05) is 6.92 Å². The second-order valence-corrected chi connectivity index (χ2v) is 8.87. The van der Waals surface area contributed by atoms with Crippen LogP contribution in [0.3, 0.4) is 0 Å².